The Morgan fingerprint density at radius 1 is 1.09 bits per heavy atom. The minimum absolute atomic E-state index is 0.00765. The van der Waals surface area contributed by atoms with Gasteiger partial charge >= 0.3 is 0 Å². The van der Waals surface area contributed by atoms with E-state index in [1.165, 1.54) is 0 Å². The fraction of sp³-hybridized carbons (Fsp3) is 0.200. The number of benzene rings is 3. The number of aromatic amines is 1. The Morgan fingerprint density at radius 2 is 1.88 bits per heavy atom. The highest BCUT2D eigenvalue weighted by Crippen LogP contribution is 2.48. The Labute approximate surface area is 196 Å². The number of aromatic nitrogens is 4. The Kier molecular flexibility index (Phi) is 5.90. The Hall–Kier alpha value is -3.55. The van der Waals surface area contributed by atoms with Crippen LogP contribution in [0.2, 0.25) is 5.02 Å². The number of nitrogens with zero attached hydrogens (tertiary/aromatic N) is 3. The molecular formula is C25H22ClN5O2. The van der Waals surface area contributed by atoms with Crippen molar-refractivity contribution in [3.05, 3.63) is 82.9 Å². The third kappa shape index (κ3) is 4.65. The van der Waals surface area contributed by atoms with Crippen LogP contribution < -0.4 is 5.32 Å². The number of hydrogen-bond donors (Lipinski definition) is 2. The topological polar surface area (TPSA) is 92.8 Å². The summed E-state index contributed by atoms with van der Waals surface area (Å²) in [5.74, 6) is 0.723. The number of nitrogens with one attached hydrogen (secondary N) is 2. The van der Waals surface area contributed by atoms with Crippen molar-refractivity contribution in [3.63, 3.8) is 0 Å². The van der Waals surface area contributed by atoms with E-state index in [9.17, 15) is 4.79 Å². The summed E-state index contributed by atoms with van der Waals surface area (Å²) in [5.41, 5.74) is 5.72. The second-order valence-corrected chi connectivity index (χ2v) is 8.57. The molecule has 7 nitrogen and oxygen atoms in total. The molecule has 1 amide bonds. The maximum atomic E-state index is 12.9. The quantitative estimate of drug-likeness (QED) is 0.402. The number of halogens is 1. The molecule has 166 valence electrons. The molecule has 0 unspecified atom stereocenters. The fourth-order valence-corrected chi connectivity index (χ4v) is 4.21. The average molecular weight is 460 g/mol. The van der Waals surface area contributed by atoms with Crippen molar-refractivity contribution in [2.24, 2.45) is 5.92 Å². The van der Waals surface area contributed by atoms with Crippen molar-refractivity contribution < 1.29 is 9.53 Å². The van der Waals surface area contributed by atoms with Crippen LogP contribution in [0, 0.1) is 5.92 Å². The average Bonchev–Trinajstić information content (AvgIpc) is 3.45. The van der Waals surface area contributed by atoms with Crippen molar-refractivity contribution in [3.8, 4) is 22.5 Å². The highest BCUT2D eigenvalue weighted by Gasteiger charge is 2.43. The number of tetrazole rings is 1. The van der Waals surface area contributed by atoms with Crippen LogP contribution in [0.3, 0.4) is 0 Å². The summed E-state index contributed by atoms with van der Waals surface area (Å²) >= 11 is 5.98. The molecule has 1 aliphatic rings. The summed E-state index contributed by atoms with van der Waals surface area (Å²) in [7, 11) is 1.68. The fourth-order valence-electron chi connectivity index (χ4n) is 4.09. The molecule has 0 bridgehead atoms. The van der Waals surface area contributed by atoms with Gasteiger partial charge in [-0.3, -0.25) is 4.79 Å². The van der Waals surface area contributed by atoms with E-state index in [4.69, 9.17) is 16.3 Å². The summed E-state index contributed by atoms with van der Waals surface area (Å²) < 4.78 is 5.20. The van der Waals surface area contributed by atoms with Gasteiger partial charge in [-0.05, 0) is 69.3 Å². The van der Waals surface area contributed by atoms with Gasteiger partial charge < -0.3 is 10.1 Å². The number of hydrogen-bond acceptors (Lipinski definition) is 5. The molecule has 1 fully saturated rings. The highest BCUT2D eigenvalue weighted by atomic mass is 35.5. The van der Waals surface area contributed by atoms with Crippen molar-refractivity contribution in [1.29, 1.82) is 0 Å². The molecule has 33 heavy (non-hydrogen) atoms. The maximum absolute atomic E-state index is 12.9. The van der Waals surface area contributed by atoms with E-state index in [1.54, 1.807) is 7.11 Å². The predicted molar refractivity (Wildman–Crippen MR) is 127 cm³/mol. The SMILES string of the molecule is COCc1ccc(-c2ccc(NC(=O)[C@@H]3C[C@H]3c3ccc(Cl)cc3)cc2-c2nnn[nH]2)cc1. The maximum Gasteiger partial charge on any atom is 0.228 e. The normalized spacial score (nSPS) is 17.0. The summed E-state index contributed by atoms with van der Waals surface area (Å²) in [6.45, 7) is 0.558. The standard InChI is InChI=1S/C25H22ClN5O2/c1-33-14-15-2-4-16(5-3-15)20-11-10-19(12-22(20)24-28-30-31-29-24)27-25(32)23-13-21(23)17-6-8-18(26)9-7-17/h2-12,21,23H,13-14H2,1H3,(H,27,32)(H,28,29,30,31)/t21-,23+/m0/s1. The van der Waals surface area contributed by atoms with Gasteiger partial charge in [0.25, 0.3) is 0 Å². The van der Waals surface area contributed by atoms with E-state index in [-0.39, 0.29) is 17.7 Å². The number of H-pyrrole nitrogens is 1. The summed E-state index contributed by atoms with van der Waals surface area (Å²) in [5, 5.41) is 18.1. The zero-order chi connectivity index (χ0) is 22.8. The van der Waals surface area contributed by atoms with E-state index in [0.29, 0.717) is 23.1 Å². The van der Waals surface area contributed by atoms with Gasteiger partial charge in [0, 0.05) is 29.3 Å². The van der Waals surface area contributed by atoms with Crippen molar-refractivity contribution in [2.45, 2.75) is 18.9 Å². The predicted octanol–water partition coefficient (Wildman–Crippen LogP) is 5.08. The van der Waals surface area contributed by atoms with Crippen LogP contribution in [0.1, 0.15) is 23.5 Å². The van der Waals surface area contributed by atoms with E-state index in [2.05, 4.69) is 25.9 Å². The molecule has 1 heterocycles. The van der Waals surface area contributed by atoms with Crippen LogP contribution in [0.5, 0.6) is 0 Å². The summed E-state index contributed by atoms with van der Waals surface area (Å²) in [6, 6.07) is 21.6. The molecule has 1 aromatic heterocycles. The largest absolute Gasteiger partial charge is 0.380 e. The van der Waals surface area contributed by atoms with Gasteiger partial charge in [0.1, 0.15) is 0 Å². The van der Waals surface area contributed by atoms with Gasteiger partial charge in [-0.1, -0.05) is 54.1 Å². The Morgan fingerprint density at radius 3 is 2.58 bits per heavy atom. The van der Waals surface area contributed by atoms with E-state index in [0.717, 1.165) is 34.2 Å². The van der Waals surface area contributed by atoms with Gasteiger partial charge in [0.05, 0.1) is 6.61 Å². The number of carbonyl (C=O) groups excluding carboxylic acids is 1. The Balaban J connectivity index is 1.37. The molecule has 1 saturated carbocycles. The van der Waals surface area contributed by atoms with Crippen molar-refractivity contribution >= 4 is 23.2 Å². The first kappa shape index (κ1) is 21.3. The summed E-state index contributed by atoms with van der Waals surface area (Å²) in [6.07, 6.45) is 0.832. The third-order valence-electron chi connectivity index (χ3n) is 5.89. The van der Waals surface area contributed by atoms with Gasteiger partial charge in [-0.2, -0.15) is 0 Å². The second-order valence-electron chi connectivity index (χ2n) is 8.13. The molecule has 2 N–H and O–H groups in total. The minimum atomic E-state index is -0.0467. The molecule has 5 rings (SSSR count). The monoisotopic (exact) mass is 459 g/mol. The minimum Gasteiger partial charge on any atom is -0.380 e. The van der Waals surface area contributed by atoms with Gasteiger partial charge in [0.15, 0.2) is 5.82 Å². The first-order chi connectivity index (χ1) is 16.1. The van der Waals surface area contributed by atoms with Crippen LogP contribution in [-0.4, -0.2) is 33.6 Å². The lowest BCUT2D eigenvalue weighted by atomic mass is 9.97. The van der Waals surface area contributed by atoms with Gasteiger partial charge in [-0.25, -0.2) is 5.10 Å². The molecule has 2 atom stereocenters. The smallest absolute Gasteiger partial charge is 0.228 e. The number of methoxy groups -OCH3 is 1. The second kappa shape index (κ2) is 9.13. The van der Waals surface area contributed by atoms with E-state index >= 15 is 0 Å². The number of amides is 1. The van der Waals surface area contributed by atoms with Crippen LogP contribution in [0.15, 0.2) is 66.7 Å². The van der Waals surface area contributed by atoms with Crippen LogP contribution >= 0.6 is 11.6 Å². The first-order valence-electron chi connectivity index (χ1n) is 10.6. The molecule has 0 radical (unpaired) electrons. The molecule has 4 aromatic rings. The lowest BCUT2D eigenvalue weighted by Gasteiger charge is -2.12. The van der Waals surface area contributed by atoms with Crippen molar-refractivity contribution in [2.75, 3.05) is 12.4 Å². The molecule has 0 aliphatic heterocycles. The number of carbonyl (C=O) groups is 1. The van der Waals surface area contributed by atoms with Crippen molar-refractivity contribution in [1.82, 2.24) is 20.6 Å². The number of rotatable bonds is 7. The Bertz CT molecular complexity index is 1260. The van der Waals surface area contributed by atoms with Crippen LogP contribution in [-0.2, 0) is 16.1 Å². The lowest BCUT2D eigenvalue weighted by molar-refractivity contribution is -0.117. The molecule has 3 aromatic carbocycles. The molecule has 8 heteroatoms. The van der Waals surface area contributed by atoms with Gasteiger partial charge in [0.2, 0.25) is 5.91 Å². The summed E-state index contributed by atoms with van der Waals surface area (Å²) in [4.78, 5) is 12.9. The molecule has 0 saturated heterocycles. The lowest BCUT2D eigenvalue weighted by Crippen LogP contribution is -2.14. The highest BCUT2D eigenvalue weighted by molar-refractivity contribution is 6.30. The number of ether oxygens (including phenoxy) is 1. The molecule has 0 spiro atoms. The zero-order valence-electron chi connectivity index (χ0n) is 18.0. The first-order valence-corrected chi connectivity index (χ1v) is 11.0. The van der Waals surface area contributed by atoms with Crippen LogP contribution in [0.4, 0.5) is 5.69 Å². The van der Waals surface area contributed by atoms with E-state index < -0.39 is 0 Å². The number of anilines is 1. The molecule has 1 aliphatic carbocycles. The van der Waals surface area contributed by atoms with Gasteiger partial charge in [-0.15, -0.1) is 5.10 Å². The third-order valence-corrected chi connectivity index (χ3v) is 6.14. The zero-order valence-corrected chi connectivity index (χ0v) is 18.7. The van der Waals surface area contributed by atoms with Crippen LogP contribution in [0.25, 0.3) is 22.5 Å². The van der Waals surface area contributed by atoms with E-state index in [1.807, 2.05) is 66.7 Å². The molecular weight excluding hydrogens is 438 g/mol.